The molecule has 262 valence electrons. The van der Waals surface area contributed by atoms with Crippen molar-refractivity contribution in [2.24, 2.45) is 0 Å². The molecule has 0 aliphatic rings. The molecule has 4 aromatic heterocycles. The Balaban J connectivity index is 1.06. The van der Waals surface area contributed by atoms with Crippen molar-refractivity contribution in [3.63, 3.8) is 0 Å². The van der Waals surface area contributed by atoms with Crippen LogP contribution in [0.25, 0.3) is 99.9 Å². The predicted molar refractivity (Wildman–Crippen MR) is 232 cm³/mol. The Kier molecular flexibility index (Phi) is 7.46. The molecule has 0 aliphatic heterocycles. The molecule has 0 bridgehead atoms. The van der Waals surface area contributed by atoms with E-state index in [2.05, 4.69) is 191 Å². The average molecular weight is 715 g/mol. The van der Waals surface area contributed by atoms with Gasteiger partial charge in [-0.05, 0) is 95.1 Å². The zero-order valence-corrected chi connectivity index (χ0v) is 30.4. The summed E-state index contributed by atoms with van der Waals surface area (Å²) in [7, 11) is 0. The maximum Gasteiger partial charge on any atom is 0.0963 e. The van der Waals surface area contributed by atoms with Gasteiger partial charge in [-0.15, -0.1) is 0 Å². The summed E-state index contributed by atoms with van der Waals surface area (Å²) in [6.45, 7) is 0. The van der Waals surface area contributed by atoms with Crippen LogP contribution in [0.2, 0.25) is 0 Å². The molecule has 0 spiro atoms. The lowest BCUT2D eigenvalue weighted by Crippen LogP contribution is -1.95. The van der Waals surface area contributed by atoms with E-state index in [1.54, 1.807) is 0 Å². The third kappa shape index (κ3) is 5.31. The Hall–Kier alpha value is -7.56. The molecule has 4 heteroatoms. The third-order valence-electron chi connectivity index (χ3n) is 10.9. The number of hydrogen-bond acceptors (Lipinski definition) is 2. The van der Waals surface area contributed by atoms with Gasteiger partial charge in [0, 0.05) is 44.9 Å². The minimum atomic E-state index is 0.947. The fraction of sp³-hybridized carbons (Fsp3) is 0. The number of para-hydroxylation sites is 2. The number of aromatic nitrogens is 4. The maximum atomic E-state index is 5.12. The summed E-state index contributed by atoms with van der Waals surface area (Å²) in [5.41, 5.74) is 16.4. The summed E-state index contributed by atoms with van der Waals surface area (Å²) >= 11 is 0. The van der Waals surface area contributed by atoms with E-state index in [1.807, 2.05) is 24.4 Å². The van der Waals surface area contributed by atoms with E-state index in [1.165, 1.54) is 27.4 Å². The summed E-state index contributed by atoms with van der Waals surface area (Å²) in [6.07, 6.45) is 1.90. The number of fused-ring (bicyclic) bond motifs is 6. The summed E-state index contributed by atoms with van der Waals surface area (Å²) in [4.78, 5) is 10.1. The van der Waals surface area contributed by atoms with E-state index >= 15 is 0 Å². The first-order chi connectivity index (χ1) is 27.8. The number of benzene rings is 7. The van der Waals surface area contributed by atoms with E-state index < -0.39 is 0 Å². The third-order valence-corrected chi connectivity index (χ3v) is 10.9. The molecule has 11 rings (SSSR count). The van der Waals surface area contributed by atoms with Crippen molar-refractivity contribution in [1.29, 1.82) is 0 Å². The second-order valence-corrected chi connectivity index (χ2v) is 14.3. The van der Waals surface area contributed by atoms with E-state index in [0.717, 1.165) is 72.5 Å². The number of hydrogen-bond donors (Lipinski definition) is 0. The van der Waals surface area contributed by atoms with E-state index in [4.69, 9.17) is 9.97 Å². The van der Waals surface area contributed by atoms with E-state index in [9.17, 15) is 0 Å². The molecule has 4 nitrogen and oxygen atoms in total. The Morgan fingerprint density at radius 1 is 0.304 bits per heavy atom. The van der Waals surface area contributed by atoms with Gasteiger partial charge in [0.2, 0.25) is 0 Å². The van der Waals surface area contributed by atoms with Crippen LogP contribution in [0.4, 0.5) is 0 Å². The molecular weight excluding hydrogens is 681 g/mol. The summed E-state index contributed by atoms with van der Waals surface area (Å²) in [5.74, 6) is 0. The van der Waals surface area contributed by atoms with Crippen LogP contribution in [0.1, 0.15) is 0 Å². The molecule has 0 fully saturated rings. The first-order valence-corrected chi connectivity index (χ1v) is 19.0. The van der Waals surface area contributed by atoms with Gasteiger partial charge in [0.05, 0.1) is 39.0 Å². The molecule has 7 aromatic carbocycles. The van der Waals surface area contributed by atoms with Crippen molar-refractivity contribution >= 4 is 43.7 Å². The lowest BCUT2D eigenvalue weighted by Gasteiger charge is -2.13. The summed E-state index contributed by atoms with van der Waals surface area (Å²) in [6, 6.07) is 71.3. The predicted octanol–water partition coefficient (Wildman–Crippen LogP) is 13.3. The molecule has 0 unspecified atom stereocenters. The highest BCUT2D eigenvalue weighted by atomic mass is 15.0. The van der Waals surface area contributed by atoms with Gasteiger partial charge in [0.15, 0.2) is 0 Å². The van der Waals surface area contributed by atoms with Crippen molar-refractivity contribution in [3.05, 3.63) is 206 Å². The number of nitrogens with zero attached hydrogens (tertiary/aromatic N) is 4. The SMILES string of the molecule is c1ccc(-c2cc(-c3cccc(-n4c5ccc(-c6ccc7c8ccccc8n(-c8ccccc8)c7c6)cc5c5ncccc54)c3)cc(-c3ccccc3)n2)cc1. The molecular formula is C52H34N4. The van der Waals surface area contributed by atoms with E-state index in [0.29, 0.717) is 0 Å². The normalized spacial score (nSPS) is 11.6. The monoisotopic (exact) mass is 714 g/mol. The van der Waals surface area contributed by atoms with Gasteiger partial charge in [0.1, 0.15) is 0 Å². The minimum absolute atomic E-state index is 0.947. The first kappa shape index (κ1) is 31.9. The van der Waals surface area contributed by atoms with Gasteiger partial charge in [-0.3, -0.25) is 4.98 Å². The van der Waals surface area contributed by atoms with Crippen molar-refractivity contribution < 1.29 is 0 Å². The molecule has 0 aliphatic carbocycles. The number of rotatable bonds is 6. The Morgan fingerprint density at radius 3 is 1.62 bits per heavy atom. The highest BCUT2D eigenvalue weighted by molar-refractivity contribution is 6.11. The highest BCUT2D eigenvalue weighted by Crippen LogP contribution is 2.39. The zero-order chi connectivity index (χ0) is 37.0. The second-order valence-electron chi connectivity index (χ2n) is 14.3. The summed E-state index contributed by atoms with van der Waals surface area (Å²) in [5, 5.41) is 3.62. The van der Waals surface area contributed by atoms with E-state index in [-0.39, 0.29) is 0 Å². The molecule has 0 saturated carbocycles. The van der Waals surface area contributed by atoms with Crippen molar-refractivity contribution in [1.82, 2.24) is 19.1 Å². The minimum Gasteiger partial charge on any atom is -0.309 e. The lowest BCUT2D eigenvalue weighted by molar-refractivity contribution is 1.17. The highest BCUT2D eigenvalue weighted by Gasteiger charge is 2.17. The van der Waals surface area contributed by atoms with Crippen molar-refractivity contribution in [2.45, 2.75) is 0 Å². The largest absolute Gasteiger partial charge is 0.309 e. The molecule has 56 heavy (non-hydrogen) atoms. The van der Waals surface area contributed by atoms with Crippen molar-refractivity contribution in [2.75, 3.05) is 0 Å². The van der Waals surface area contributed by atoms with Crippen LogP contribution in [0.15, 0.2) is 206 Å². The molecule has 0 amide bonds. The van der Waals surface area contributed by atoms with Gasteiger partial charge >= 0.3 is 0 Å². The molecule has 0 N–H and O–H groups in total. The fourth-order valence-corrected chi connectivity index (χ4v) is 8.33. The molecule has 11 aromatic rings. The van der Waals surface area contributed by atoms with Crippen LogP contribution in [0.3, 0.4) is 0 Å². The second kappa shape index (κ2) is 13.1. The summed E-state index contributed by atoms with van der Waals surface area (Å²) < 4.78 is 4.72. The zero-order valence-electron chi connectivity index (χ0n) is 30.4. The molecule has 0 saturated heterocycles. The topological polar surface area (TPSA) is 35.6 Å². The molecule has 4 heterocycles. The van der Waals surface area contributed by atoms with Crippen LogP contribution in [0, 0.1) is 0 Å². The van der Waals surface area contributed by atoms with Gasteiger partial charge in [0.25, 0.3) is 0 Å². The molecule has 0 atom stereocenters. The Morgan fingerprint density at radius 2 is 0.857 bits per heavy atom. The Bertz CT molecular complexity index is 3170. The van der Waals surface area contributed by atoms with Crippen LogP contribution >= 0.6 is 0 Å². The van der Waals surface area contributed by atoms with Gasteiger partial charge in [-0.25, -0.2) is 4.98 Å². The number of pyridine rings is 2. The smallest absolute Gasteiger partial charge is 0.0963 e. The quantitative estimate of drug-likeness (QED) is 0.172. The van der Waals surface area contributed by atoms with Crippen LogP contribution in [0.5, 0.6) is 0 Å². The van der Waals surface area contributed by atoms with Crippen LogP contribution in [-0.4, -0.2) is 19.1 Å². The maximum absolute atomic E-state index is 5.12. The molecule has 0 radical (unpaired) electrons. The van der Waals surface area contributed by atoms with Crippen LogP contribution < -0.4 is 0 Å². The van der Waals surface area contributed by atoms with Gasteiger partial charge < -0.3 is 9.13 Å². The standard InChI is InChI=1S/C52H34N4/c1-4-14-35(15-5-1)46-32-40(33-47(54-46)36-16-6-2-7-17-36)37-18-12-21-42(30-37)56-49-28-26-38(31-45(49)52-50(56)24-13-29-53-52)39-25-27-44-43-22-10-11-23-48(43)55(51(44)34-39)41-19-8-3-9-20-41/h1-34H. The Labute approximate surface area is 324 Å². The van der Waals surface area contributed by atoms with Crippen molar-refractivity contribution in [3.8, 4) is 56.1 Å². The van der Waals surface area contributed by atoms with Gasteiger partial charge in [-0.2, -0.15) is 0 Å². The average Bonchev–Trinajstić information content (AvgIpc) is 3.79. The lowest BCUT2D eigenvalue weighted by atomic mass is 9.99. The first-order valence-electron chi connectivity index (χ1n) is 19.0. The van der Waals surface area contributed by atoms with Crippen LogP contribution in [-0.2, 0) is 0 Å². The van der Waals surface area contributed by atoms with Gasteiger partial charge in [-0.1, -0.05) is 127 Å². The fourth-order valence-electron chi connectivity index (χ4n) is 8.33.